The molecule has 8 rings (SSSR count). The quantitative estimate of drug-likeness (QED) is 0.146. The Bertz CT molecular complexity index is 2090. The summed E-state index contributed by atoms with van der Waals surface area (Å²) in [6, 6.07) is 25.3. The Kier molecular flexibility index (Phi) is 10.3. The van der Waals surface area contributed by atoms with Crippen LogP contribution >= 0.6 is 0 Å². The van der Waals surface area contributed by atoms with Crippen LogP contribution in [-0.2, 0) is 14.3 Å². The fourth-order valence-electron chi connectivity index (χ4n) is 8.19. The van der Waals surface area contributed by atoms with Crippen molar-refractivity contribution in [3.63, 3.8) is 0 Å². The van der Waals surface area contributed by atoms with Crippen molar-refractivity contribution in [3.8, 4) is 33.6 Å². The minimum Gasteiger partial charge on any atom is -0.431 e. The van der Waals surface area contributed by atoms with Crippen molar-refractivity contribution in [2.75, 3.05) is 39.8 Å². The van der Waals surface area contributed by atoms with E-state index in [0.29, 0.717) is 24.5 Å². The molecule has 3 aliphatic rings. The topological polar surface area (TPSA) is 140 Å². The maximum Gasteiger partial charge on any atom is 0.408 e. The van der Waals surface area contributed by atoms with Crippen molar-refractivity contribution >= 4 is 17.9 Å². The molecule has 0 bridgehead atoms. The molecule has 3 atom stereocenters. The van der Waals surface area contributed by atoms with E-state index in [1.165, 1.54) is 7.05 Å². The second-order valence-electron chi connectivity index (χ2n) is 14.4. The monoisotopic (exact) mass is 726 g/mol. The number of amides is 3. The molecule has 3 aromatic carbocycles. The summed E-state index contributed by atoms with van der Waals surface area (Å²) in [5.41, 5.74) is 6.36. The Morgan fingerprint density at radius 1 is 0.741 bits per heavy atom. The first-order valence-electron chi connectivity index (χ1n) is 19.0. The number of aromatic amines is 2. The van der Waals surface area contributed by atoms with Crippen molar-refractivity contribution in [2.24, 2.45) is 0 Å². The second kappa shape index (κ2) is 15.7. The highest BCUT2D eigenvalue weighted by Crippen LogP contribution is 2.39. The highest BCUT2D eigenvalue weighted by atomic mass is 16.6. The van der Waals surface area contributed by atoms with Gasteiger partial charge in [0.2, 0.25) is 12.0 Å². The van der Waals surface area contributed by atoms with Gasteiger partial charge in [-0.15, -0.1) is 0 Å². The molecule has 3 saturated heterocycles. The summed E-state index contributed by atoms with van der Waals surface area (Å²) in [6.07, 6.45) is 7.63. The van der Waals surface area contributed by atoms with Crippen LogP contribution < -0.4 is 5.32 Å². The van der Waals surface area contributed by atoms with E-state index < -0.39 is 12.2 Å². The number of carbonyl (C=O) groups excluding carboxylic acids is 3. The summed E-state index contributed by atoms with van der Waals surface area (Å²) in [4.78, 5) is 62.5. The molecule has 5 aromatic rings. The predicted octanol–water partition coefficient (Wildman–Crippen LogP) is 6.65. The van der Waals surface area contributed by atoms with E-state index >= 15 is 0 Å². The lowest BCUT2D eigenvalue weighted by molar-refractivity contribution is -0.142. The Balaban J connectivity index is 1.07. The van der Waals surface area contributed by atoms with Gasteiger partial charge in [-0.1, -0.05) is 72.8 Å². The molecular weight excluding hydrogens is 681 g/mol. The number of hydrogen-bond donors (Lipinski definition) is 3. The Morgan fingerprint density at radius 2 is 1.37 bits per heavy atom. The number of benzene rings is 3. The molecular formula is C42H46N8O4. The van der Waals surface area contributed by atoms with Crippen molar-refractivity contribution < 1.29 is 19.1 Å². The SMILES string of the molecule is CNC(=O)O[C@@H](C(=O)N1CCC[C@H]1c1ncc(-c2ccc(-c3ccccc3)c(-c3cnc([C@@H]4CCCN4C(=O)CN4CCCC4)[nH]3)c2)[nH]1)c1ccccc1. The minimum atomic E-state index is -1.08. The molecule has 0 aliphatic carbocycles. The van der Waals surface area contributed by atoms with E-state index in [0.717, 1.165) is 97.6 Å². The van der Waals surface area contributed by atoms with Gasteiger partial charge >= 0.3 is 6.09 Å². The maximum absolute atomic E-state index is 14.0. The number of aromatic nitrogens is 4. The molecule has 5 heterocycles. The Morgan fingerprint density at radius 3 is 2.07 bits per heavy atom. The molecule has 0 unspecified atom stereocenters. The predicted molar refractivity (Wildman–Crippen MR) is 205 cm³/mol. The first-order chi connectivity index (χ1) is 26.5. The summed E-state index contributed by atoms with van der Waals surface area (Å²) < 4.78 is 5.60. The number of likely N-dealkylation sites (tertiary alicyclic amines) is 3. The summed E-state index contributed by atoms with van der Waals surface area (Å²) in [5, 5.41) is 2.47. The second-order valence-corrected chi connectivity index (χ2v) is 14.4. The molecule has 278 valence electrons. The number of ether oxygens (including phenoxy) is 1. The van der Waals surface area contributed by atoms with Crippen LogP contribution in [-0.4, -0.2) is 92.3 Å². The molecule has 12 heteroatoms. The molecule has 12 nitrogen and oxygen atoms in total. The number of alkyl carbamates (subject to hydrolysis) is 1. The minimum absolute atomic E-state index is 0.0762. The zero-order chi connectivity index (χ0) is 37.0. The summed E-state index contributed by atoms with van der Waals surface area (Å²) in [5.74, 6) is 1.38. The van der Waals surface area contributed by atoms with Crippen molar-refractivity contribution in [1.82, 2.24) is 40.0 Å². The number of nitrogens with one attached hydrogen (secondary N) is 3. The van der Waals surface area contributed by atoms with Gasteiger partial charge in [-0.3, -0.25) is 14.5 Å². The molecule has 0 saturated carbocycles. The van der Waals surface area contributed by atoms with Gasteiger partial charge < -0.3 is 29.8 Å². The van der Waals surface area contributed by atoms with Gasteiger partial charge in [-0.05, 0) is 68.8 Å². The number of carbonyl (C=O) groups is 3. The standard InChI is InChI=1S/C42H46N8O4/c1-43-42(53)54-38(29-14-6-3-7-15-29)41(52)50-23-11-17-36(50)40-44-25-33(46-40)30-18-19-31(28-12-4-2-5-13-28)32(24-30)34-26-45-39(47-34)35-16-10-22-49(35)37(51)27-48-20-8-9-21-48/h2-7,12-15,18-19,24-26,35-36,38H,8-11,16-17,20-23,27H2,1H3,(H,43,53)(H,44,46)(H,45,47)/t35-,36-,38+/m0/s1. The van der Waals surface area contributed by atoms with Crippen molar-refractivity contribution in [3.05, 3.63) is 108 Å². The average Bonchev–Trinajstić information content (AvgIpc) is 4.06. The lowest BCUT2D eigenvalue weighted by Crippen LogP contribution is -2.39. The maximum atomic E-state index is 14.0. The molecule has 3 fully saturated rings. The first-order valence-corrected chi connectivity index (χ1v) is 19.0. The third-order valence-electron chi connectivity index (χ3n) is 10.9. The zero-order valence-electron chi connectivity index (χ0n) is 30.5. The van der Waals surface area contributed by atoms with E-state index in [-0.39, 0.29) is 23.9 Å². The van der Waals surface area contributed by atoms with E-state index in [9.17, 15) is 14.4 Å². The van der Waals surface area contributed by atoms with Gasteiger partial charge in [0.1, 0.15) is 11.6 Å². The van der Waals surface area contributed by atoms with Gasteiger partial charge in [0.25, 0.3) is 5.91 Å². The first kappa shape index (κ1) is 35.3. The lowest BCUT2D eigenvalue weighted by atomic mass is 9.95. The normalized spacial score (nSPS) is 19.3. The number of hydrogen-bond acceptors (Lipinski definition) is 7. The summed E-state index contributed by atoms with van der Waals surface area (Å²) in [6.45, 7) is 3.73. The van der Waals surface area contributed by atoms with Gasteiger partial charge in [-0.2, -0.15) is 0 Å². The Labute approximate surface area is 314 Å². The molecule has 0 radical (unpaired) electrons. The van der Waals surface area contributed by atoms with Crippen LogP contribution in [0, 0.1) is 0 Å². The molecule has 3 aliphatic heterocycles. The average molecular weight is 727 g/mol. The van der Waals surface area contributed by atoms with Gasteiger partial charge in [0, 0.05) is 36.8 Å². The van der Waals surface area contributed by atoms with Crippen LogP contribution in [0.15, 0.2) is 91.3 Å². The van der Waals surface area contributed by atoms with E-state index in [1.54, 1.807) is 17.0 Å². The van der Waals surface area contributed by atoms with E-state index in [1.807, 2.05) is 53.7 Å². The molecule has 2 aromatic heterocycles. The van der Waals surface area contributed by atoms with E-state index in [4.69, 9.17) is 14.7 Å². The van der Waals surface area contributed by atoms with Crippen molar-refractivity contribution in [2.45, 2.75) is 56.7 Å². The van der Waals surface area contributed by atoms with Crippen LogP contribution in [0.5, 0.6) is 0 Å². The smallest absolute Gasteiger partial charge is 0.408 e. The van der Waals surface area contributed by atoms with Crippen LogP contribution in [0.1, 0.15) is 73.9 Å². The third-order valence-corrected chi connectivity index (χ3v) is 10.9. The fourth-order valence-corrected chi connectivity index (χ4v) is 8.19. The number of H-pyrrole nitrogens is 2. The summed E-state index contributed by atoms with van der Waals surface area (Å²) in [7, 11) is 1.48. The van der Waals surface area contributed by atoms with Crippen LogP contribution in [0.2, 0.25) is 0 Å². The number of nitrogens with zero attached hydrogens (tertiary/aromatic N) is 5. The zero-order valence-corrected chi connectivity index (χ0v) is 30.5. The highest BCUT2D eigenvalue weighted by molar-refractivity contribution is 5.86. The highest BCUT2D eigenvalue weighted by Gasteiger charge is 2.38. The third kappa shape index (κ3) is 7.25. The number of imidazole rings is 2. The molecule has 3 amide bonds. The van der Waals surface area contributed by atoms with Gasteiger partial charge in [0.05, 0.1) is 42.4 Å². The fraction of sp³-hybridized carbons (Fsp3) is 0.357. The largest absolute Gasteiger partial charge is 0.431 e. The number of rotatable bonds is 10. The van der Waals surface area contributed by atoms with Crippen LogP contribution in [0.4, 0.5) is 4.79 Å². The van der Waals surface area contributed by atoms with Crippen LogP contribution in [0.25, 0.3) is 33.6 Å². The Hall–Kier alpha value is -5.75. The van der Waals surface area contributed by atoms with Gasteiger partial charge in [0.15, 0.2) is 0 Å². The van der Waals surface area contributed by atoms with Gasteiger partial charge in [-0.25, -0.2) is 14.8 Å². The molecule has 0 spiro atoms. The van der Waals surface area contributed by atoms with Crippen molar-refractivity contribution in [1.29, 1.82) is 0 Å². The molecule has 3 N–H and O–H groups in total. The lowest BCUT2D eigenvalue weighted by Gasteiger charge is -2.28. The molecule has 54 heavy (non-hydrogen) atoms. The van der Waals surface area contributed by atoms with Crippen LogP contribution in [0.3, 0.4) is 0 Å². The summed E-state index contributed by atoms with van der Waals surface area (Å²) >= 11 is 0. The van der Waals surface area contributed by atoms with E-state index in [2.05, 4.69) is 50.5 Å².